The lowest BCUT2D eigenvalue weighted by Gasteiger charge is -2.08. The Balaban J connectivity index is 1.88. The molecule has 0 unspecified atom stereocenters. The minimum atomic E-state index is 0.204. The highest BCUT2D eigenvalue weighted by Gasteiger charge is 2.35. The zero-order valence-electron chi connectivity index (χ0n) is 14.2. The van der Waals surface area contributed by atoms with Gasteiger partial charge in [0.25, 0.3) is 0 Å². The lowest BCUT2D eigenvalue weighted by molar-refractivity contribution is -0.539. The Kier molecular flexibility index (Phi) is 3.61. The molecule has 0 amide bonds. The van der Waals surface area contributed by atoms with Gasteiger partial charge in [-0.3, -0.25) is 10.1 Å². The van der Waals surface area contributed by atoms with E-state index >= 15 is 0 Å². The third-order valence-corrected chi connectivity index (χ3v) is 4.45. The van der Waals surface area contributed by atoms with E-state index in [0.717, 1.165) is 35.5 Å². The molecule has 1 aliphatic carbocycles. The first kappa shape index (κ1) is 15.5. The smallest absolute Gasteiger partial charge is 0.149 e. The Morgan fingerprint density at radius 3 is 2.84 bits per heavy atom. The fraction of sp³-hybridized carbons (Fsp3) is 0.294. The molecule has 8 nitrogen and oxygen atoms in total. The second-order valence-electron chi connectivity index (χ2n) is 6.24. The molecule has 5 N–H and O–H groups in total. The average Bonchev–Trinajstić information content (AvgIpc) is 3.21. The Labute approximate surface area is 144 Å². The molecule has 0 saturated heterocycles. The van der Waals surface area contributed by atoms with Crippen LogP contribution in [0.4, 0.5) is 11.5 Å². The first-order chi connectivity index (χ1) is 12.1. The van der Waals surface area contributed by atoms with E-state index < -0.39 is 0 Å². The third kappa shape index (κ3) is 2.60. The first-order valence-corrected chi connectivity index (χ1v) is 8.23. The summed E-state index contributed by atoms with van der Waals surface area (Å²) in [4.78, 5) is 4.13. The quantitative estimate of drug-likeness (QED) is 0.603. The topological polar surface area (TPSA) is 123 Å². The monoisotopic (exact) mass is 338 g/mol. The largest absolute Gasteiger partial charge is 0.383 e. The number of nitrogens with one attached hydrogen (secondary N) is 1. The minimum Gasteiger partial charge on any atom is -0.383 e. The Morgan fingerprint density at radius 2 is 2.20 bits per heavy atom. The molecule has 3 aromatic heterocycles. The molecule has 0 atom stereocenters. The fourth-order valence-electron chi connectivity index (χ4n) is 3.02. The van der Waals surface area contributed by atoms with Gasteiger partial charge in [-0.05, 0) is 18.9 Å². The SMILES string of the molecule is C[NH2+]c1ccnc(N)c1C(=N)c1noc(C2CC2)c1-c1ccn(C)n1. The summed E-state index contributed by atoms with van der Waals surface area (Å²) in [5.41, 5.74) is 9.69. The maximum absolute atomic E-state index is 8.73. The molecular weight excluding hydrogens is 318 g/mol. The van der Waals surface area contributed by atoms with Crippen LogP contribution in [-0.2, 0) is 7.05 Å². The zero-order chi connectivity index (χ0) is 17.6. The molecule has 25 heavy (non-hydrogen) atoms. The van der Waals surface area contributed by atoms with Crippen molar-refractivity contribution in [2.75, 3.05) is 12.8 Å². The van der Waals surface area contributed by atoms with Crippen molar-refractivity contribution in [3.63, 3.8) is 0 Å². The summed E-state index contributed by atoms with van der Waals surface area (Å²) in [6, 6.07) is 3.75. The van der Waals surface area contributed by atoms with Gasteiger partial charge in [-0.15, -0.1) is 0 Å². The van der Waals surface area contributed by atoms with E-state index in [1.54, 1.807) is 10.9 Å². The number of hydrogen-bond acceptors (Lipinski definition) is 6. The summed E-state index contributed by atoms with van der Waals surface area (Å²) in [7, 11) is 3.77. The van der Waals surface area contributed by atoms with Crippen LogP contribution in [0.2, 0.25) is 0 Å². The van der Waals surface area contributed by atoms with E-state index in [1.807, 2.05) is 37.7 Å². The maximum Gasteiger partial charge on any atom is 0.149 e. The molecule has 1 saturated carbocycles. The molecule has 0 aromatic carbocycles. The van der Waals surface area contributed by atoms with E-state index in [9.17, 15) is 0 Å². The van der Waals surface area contributed by atoms with Crippen molar-refractivity contribution >= 4 is 17.2 Å². The lowest BCUT2D eigenvalue weighted by Crippen LogP contribution is -2.73. The predicted molar refractivity (Wildman–Crippen MR) is 92.8 cm³/mol. The van der Waals surface area contributed by atoms with Gasteiger partial charge in [0.1, 0.15) is 34.2 Å². The lowest BCUT2D eigenvalue weighted by atomic mass is 9.99. The van der Waals surface area contributed by atoms with Gasteiger partial charge >= 0.3 is 0 Å². The van der Waals surface area contributed by atoms with Crippen molar-refractivity contribution in [3.05, 3.63) is 41.5 Å². The Hall–Kier alpha value is -3.00. The number of hydrogen-bond donors (Lipinski definition) is 3. The summed E-state index contributed by atoms with van der Waals surface area (Å²) in [5.74, 6) is 1.47. The van der Waals surface area contributed by atoms with Crippen LogP contribution in [0.5, 0.6) is 0 Å². The van der Waals surface area contributed by atoms with Crippen LogP contribution in [0.1, 0.15) is 35.8 Å². The van der Waals surface area contributed by atoms with Crippen LogP contribution in [0.3, 0.4) is 0 Å². The van der Waals surface area contributed by atoms with E-state index in [2.05, 4.69) is 15.2 Å². The number of nitrogens with two attached hydrogens (primary N) is 2. The summed E-state index contributed by atoms with van der Waals surface area (Å²) in [6.45, 7) is 0. The van der Waals surface area contributed by atoms with Crippen LogP contribution < -0.4 is 11.1 Å². The second-order valence-corrected chi connectivity index (χ2v) is 6.24. The summed E-state index contributed by atoms with van der Waals surface area (Å²) >= 11 is 0. The van der Waals surface area contributed by atoms with Gasteiger partial charge in [-0.25, -0.2) is 4.98 Å². The first-order valence-electron chi connectivity index (χ1n) is 8.23. The number of anilines is 1. The average molecular weight is 338 g/mol. The van der Waals surface area contributed by atoms with E-state index in [-0.39, 0.29) is 5.71 Å². The van der Waals surface area contributed by atoms with Gasteiger partial charge in [0.2, 0.25) is 0 Å². The summed E-state index contributed by atoms with van der Waals surface area (Å²) < 4.78 is 7.36. The Morgan fingerprint density at radius 1 is 1.40 bits per heavy atom. The van der Waals surface area contributed by atoms with Gasteiger partial charge < -0.3 is 15.6 Å². The minimum absolute atomic E-state index is 0.204. The van der Waals surface area contributed by atoms with Gasteiger partial charge in [-0.2, -0.15) is 5.10 Å². The molecule has 0 spiro atoms. The number of nitrogens with zero attached hydrogens (tertiary/aromatic N) is 4. The van der Waals surface area contributed by atoms with Crippen LogP contribution >= 0.6 is 0 Å². The number of rotatable bonds is 5. The van der Waals surface area contributed by atoms with Crippen LogP contribution in [0.15, 0.2) is 29.0 Å². The highest BCUT2D eigenvalue weighted by molar-refractivity contribution is 6.17. The summed E-state index contributed by atoms with van der Waals surface area (Å²) in [6.07, 6.45) is 5.66. The van der Waals surface area contributed by atoms with Gasteiger partial charge in [0, 0.05) is 31.4 Å². The van der Waals surface area contributed by atoms with Crippen LogP contribution in [0.25, 0.3) is 11.3 Å². The van der Waals surface area contributed by atoms with Gasteiger partial charge in [-0.1, -0.05) is 5.16 Å². The maximum atomic E-state index is 8.73. The van der Waals surface area contributed by atoms with E-state index in [4.69, 9.17) is 15.7 Å². The number of quaternary nitrogens is 1. The Bertz CT molecular complexity index is 952. The normalized spacial score (nSPS) is 14.0. The van der Waals surface area contributed by atoms with Crippen molar-refractivity contribution in [2.24, 2.45) is 7.05 Å². The summed E-state index contributed by atoms with van der Waals surface area (Å²) in [5, 5.41) is 19.3. The third-order valence-electron chi connectivity index (χ3n) is 4.45. The van der Waals surface area contributed by atoms with Crippen LogP contribution in [0, 0.1) is 5.41 Å². The standard InChI is InChI=1S/C17H19N7O/c1-20-10-5-7-21-17(19)12(10)14(18)15-13(11-6-8-24(2)22-11)16(25-23-15)9-3-4-9/h5-9,18H,3-4H2,1-2H3,(H3,19,20,21)/p+1. The van der Waals surface area contributed by atoms with Crippen molar-refractivity contribution in [1.29, 1.82) is 5.41 Å². The van der Waals surface area contributed by atoms with Crippen LogP contribution in [-0.4, -0.2) is 32.7 Å². The van der Waals surface area contributed by atoms with Gasteiger partial charge in [0.15, 0.2) is 0 Å². The highest BCUT2D eigenvalue weighted by Crippen LogP contribution is 2.45. The van der Waals surface area contributed by atoms with Crippen molar-refractivity contribution in [2.45, 2.75) is 18.8 Å². The molecule has 0 radical (unpaired) electrons. The molecule has 128 valence electrons. The molecular formula is C17H20N7O+. The number of aryl methyl sites for hydroxylation is 1. The highest BCUT2D eigenvalue weighted by atomic mass is 16.5. The molecule has 1 aliphatic rings. The number of pyridine rings is 1. The molecule has 0 aliphatic heterocycles. The van der Waals surface area contributed by atoms with E-state index in [1.165, 1.54) is 0 Å². The predicted octanol–water partition coefficient (Wildman–Crippen LogP) is 1.17. The molecule has 3 heterocycles. The van der Waals surface area contributed by atoms with Crippen molar-refractivity contribution in [3.8, 4) is 11.3 Å². The van der Waals surface area contributed by atoms with E-state index in [0.29, 0.717) is 23.0 Å². The number of nitrogen functional groups attached to an aromatic ring is 1. The molecule has 3 aromatic rings. The fourth-order valence-corrected chi connectivity index (χ4v) is 3.02. The molecule has 0 bridgehead atoms. The molecule has 8 heteroatoms. The van der Waals surface area contributed by atoms with Crippen molar-refractivity contribution < 1.29 is 9.84 Å². The van der Waals surface area contributed by atoms with Gasteiger partial charge in [0.05, 0.1) is 18.3 Å². The molecule has 1 fully saturated rings. The number of aromatic nitrogens is 4. The zero-order valence-corrected chi connectivity index (χ0v) is 14.2. The molecule has 4 rings (SSSR count). The van der Waals surface area contributed by atoms with Crippen molar-refractivity contribution in [1.82, 2.24) is 19.9 Å². The second kappa shape index (κ2) is 5.82.